The molecule has 2 aliphatic rings. The molecule has 2 aromatic heterocycles. The zero-order valence-electron chi connectivity index (χ0n) is 15.7. The Balaban J connectivity index is 1.56. The van der Waals surface area contributed by atoms with Gasteiger partial charge < -0.3 is 4.52 Å². The molecule has 1 saturated heterocycles. The Labute approximate surface area is 163 Å². The van der Waals surface area contributed by atoms with Gasteiger partial charge in [-0.3, -0.25) is 4.68 Å². The third-order valence-electron chi connectivity index (χ3n) is 6.00. The van der Waals surface area contributed by atoms with E-state index in [0.29, 0.717) is 17.4 Å². The lowest BCUT2D eigenvalue weighted by molar-refractivity contribution is 0.197. The number of fused-ring (bicyclic) bond motifs is 2. The van der Waals surface area contributed by atoms with Gasteiger partial charge in [0.1, 0.15) is 10.9 Å². The van der Waals surface area contributed by atoms with Crippen LogP contribution in [0.4, 0.5) is 0 Å². The van der Waals surface area contributed by atoms with Gasteiger partial charge in [0.05, 0.1) is 11.9 Å². The summed E-state index contributed by atoms with van der Waals surface area (Å²) >= 11 is 0. The fourth-order valence-corrected chi connectivity index (χ4v) is 6.56. The zero-order valence-corrected chi connectivity index (χ0v) is 16.5. The van der Waals surface area contributed by atoms with Crippen LogP contribution in [0.3, 0.4) is 0 Å². The molecule has 0 radical (unpaired) electrons. The number of benzene rings is 1. The van der Waals surface area contributed by atoms with Crippen molar-refractivity contribution in [1.82, 2.24) is 24.2 Å². The van der Waals surface area contributed by atoms with Crippen LogP contribution in [0.15, 0.2) is 45.9 Å². The first-order valence-electron chi connectivity index (χ1n) is 9.38. The lowest BCUT2D eigenvalue weighted by atomic mass is 10.00. The monoisotopic (exact) mass is 399 g/mol. The minimum atomic E-state index is -3.71. The number of aryl methyl sites for hydroxylation is 1. The van der Waals surface area contributed by atoms with E-state index in [4.69, 9.17) is 4.52 Å². The summed E-state index contributed by atoms with van der Waals surface area (Å²) in [5.41, 5.74) is 1.47. The highest BCUT2D eigenvalue weighted by Gasteiger charge is 2.54. The van der Waals surface area contributed by atoms with Gasteiger partial charge in [0.25, 0.3) is 0 Å². The summed E-state index contributed by atoms with van der Waals surface area (Å²) in [4.78, 5) is 4.81. The maximum Gasteiger partial charge on any atom is 0.247 e. The molecule has 28 heavy (non-hydrogen) atoms. The Hall–Kier alpha value is -2.52. The maximum absolute atomic E-state index is 13.5. The van der Waals surface area contributed by atoms with E-state index in [0.717, 1.165) is 24.8 Å². The molecule has 2 fully saturated rings. The average Bonchev–Trinajstić information content (AvgIpc) is 3.46. The molecule has 0 N–H and O–H groups in total. The number of rotatable bonds is 4. The van der Waals surface area contributed by atoms with Gasteiger partial charge in [-0.2, -0.15) is 14.4 Å². The van der Waals surface area contributed by atoms with E-state index in [2.05, 4.69) is 15.2 Å². The Kier molecular flexibility index (Phi) is 3.92. The van der Waals surface area contributed by atoms with E-state index in [1.54, 1.807) is 23.0 Å². The van der Waals surface area contributed by atoms with Crippen LogP contribution in [-0.4, -0.2) is 38.7 Å². The largest absolute Gasteiger partial charge is 0.337 e. The second kappa shape index (κ2) is 6.25. The highest BCUT2D eigenvalue weighted by molar-refractivity contribution is 7.89. The molecule has 0 spiro atoms. The maximum atomic E-state index is 13.5. The fourth-order valence-electron chi connectivity index (χ4n) is 4.51. The van der Waals surface area contributed by atoms with Gasteiger partial charge in [-0.15, -0.1) is 0 Å². The summed E-state index contributed by atoms with van der Waals surface area (Å²) in [5.74, 6) is 1.05. The molecule has 1 aliphatic carbocycles. The number of hydrogen-bond donors (Lipinski definition) is 0. The molecule has 2 bridgehead atoms. The number of sulfonamides is 1. The van der Waals surface area contributed by atoms with Crippen molar-refractivity contribution in [2.45, 2.75) is 43.2 Å². The van der Waals surface area contributed by atoms with Crippen LogP contribution in [0, 0.1) is 12.8 Å². The highest BCUT2D eigenvalue weighted by atomic mass is 32.2. The van der Waals surface area contributed by atoms with Crippen LogP contribution in [0.25, 0.3) is 11.4 Å². The Morgan fingerprint density at radius 1 is 1.18 bits per heavy atom. The molecule has 1 aromatic carbocycles. The summed E-state index contributed by atoms with van der Waals surface area (Å²) in [6.45, 7) is 1.77. The molecule has 1 aliphatic heterocycles. The minimum absolute atomic E-state index is 0.0355. The average molecular weight is 399 g/mol. The summed E-state index contributed by atoms with van der Waals surface area (Å²) in [6.07, 6.45) is 4.08. The Morgan fingerprint density at radius 2 is 1.96 bits per heavy atom. The van der Waals surface area contributed by atoms with E-state index < -0.39 is 16.1 Å². The van der Waals surface area contributed by atoms with Crippen molar-refractivity contribution in [1.29, 1.82) is 0 Å². The minimum Gasteiger partial charge on any atom is -0.337 e. The summed E-state index contributed by atoms with van der Waals surface area (Å²) in [5, 5.41) is 8.22. The number of nitrogens with zero attached hydrogens (tertiary/aromatic N) is 5. The fraction of sp³-hybridized carbons (Fsp3) is 0.421. The number of piperidine rings is 1. The van der Waals surface area contributed by atoms with Crippen molar-refractivity contribution in [2.24, 2.45) is 13.0 Å². The molecular formula is C19H21N5O3S. The summed E-state index contributed by atoms with van der Waals surface area (Å²) < 4.78 is 35.7. The molecule has 0 amide bonds. The molecule has 9 heteroatoms. The zero-order chi connectivity index (χ0) is 19.5. The van der Waals surface area contributed by atoms with E-state index in [-0.39, 0.29) is 16.9 Å². The van der Waals surface area contributed by atoms with Crippen molar-refractivity contribution in [3.8, 4) is 11.4 Å². The first-order chi connectivity index (χ1) is 13.5. The third kappa shape index (κ3) is 2.53. The predicted molar refractivity (Wildman–Crippen MR) is 101 cm³/mol. The molecule has 3 atom stereocenters. The van der Waals surface area contributed by atoms with Gasteiger partial charge in [0.15, 0.2) is 0 Å². The second-order valence-corrected chi connectivity index (χ2v) is 9.36. The quantitative estimate of drug-likeness (QED) is 0.669. The summed E-state index contributed by atoms with van der Waals surface area (Å²) in [6, 6.07) is 9.09. The van der Waals surface area contributed by atoms with Crippen LogP contribution in [0.2, 0.25) is 0 Å². The lowest BCUT2D eigenvalue weighted by Gasteiger charge is -2.31. The predicted octanol–water partition coefficient (Wildman–Crippen LogP) is 2.69. The third-order valence-corrected chi connectivity index (χ3v) is 8.04. The van der Waals surface area contributed by atoms with Crippen molar-refractivity contribution < 1.29 is 12.9 Å². The molecule has 0 unspecified atom stereocenters. The normalized spacial score (nSPS) is 24.9. The van der Waals surface area contributed by atoms with Gasteiger partial charge in [0, 0.05) is 18.7 Å². The van der Waals surface area contributed by atoms with E-state index in [1.807, 2.05) is 30.3 Å². The van der Waals surface area contributed by atoms with Crippen LogP contribution >= 0.6 is 0 Å². The van der Waals surface area contributed by atoms with Gasteiger partial charge in [0.2, 0.25) is 21.7 Å². The molecule has 1 saturated carbocycles. The molecule has 3 aromatic rings. The van der Waals surface area contributed by atoms with Gasteiger partial charge in [-0.1, -0.05) is 35.5 Å². The van der Waals surface area contributed by atoms with E-state index >= 15 is 0 Å². The summed E-state index contributed by atoms with van der Waals surface area (Å²) in [7, 11) is -1.97. The van der Waals surface area contributed by atoms with E-state index in [9.17, 15) is 8.42 Å². The van der Waals surface area contributed by atoms with Crippen LogP contribution < -0.4 is 0 Å². The van der Waals surface area contributed by atoms with Gasteiger partial charge in [-0.25, -0.2) is 8.42 Å². The van der Waals surface area contributed by atoms with Crippen molar-refractivity contribution in [3.63, 3.8) is 0 Å². The van der Waals surface area contributed by atoms with Crippen LogP contribution in [0.5, 0.6) is 0 Å². The van der Waals surface area contributed by atoms with Crippen molar-refractivity contribution in [2.75, 3.05) is 0 Å². The molecule has 8 nitrogen and oxygen atoms in total. The topological polar surface area (TPSA) is 94.1 Å². The molecule has 5 rings (SSSR count). The SMILES string of the molecule is Cc1c(S(=O)(=O)N2[C@@H]3CC[C@H](C3)[C@H]2c2nc(-c3ccccc3)no2)cnn1C. The molecule has 3 heterocycles. The first kappa shape index (κ1) is 17.6. The Bertz CT molecular complexity index is 1120. The van der Waals surface area contributed by atoms with Crippen LogP contribution in [-0.2, 0) is 17.1 Å². The second-order valence-electron chi connectivity index (χ2n) is 7.55. The number of hydrogen-bond acceptors (Lipinski definition) is 6. The number of aromatic nitrogens is 4. The highest BCUT2D eigenvalue weighted by Crippen LogP contribution is 2.52. The molecular weight excluding hydrogens is 378 g/mol. The lowest BCUT2D eigenvalue weighted by Crippen LogP contribution is -2.40. The standard InChI is InChI=1S/C19H21N5O3S/c1-12-16(11-20-23(12)2)28(25,26)24-15-9-8-14(10-15)17(24)19-21-18(22-27-19)13-6-4-3-5-7-13/h3-7,11,14-15,17H,8-10H2,1-2H3/t14-,15-,17+/m1/s1. The van der Waals surface area contributed by atoms with E-state index in [1.165, 1.54) is 6.20 Å². The first-order valence-corrected chi connectivity index (χ1v) is 10.8. The van der Waals surface area contributed by atoms with Crippen LogP contribution in [0.1, 0.15) is 36.9 Å². The Morgan fingerprint density at radius 3 is 2.68 bits per heavy atom. The van der Waals surface area contributed by atoms with Crippen molar-refractivity contribution in [3.05, 3.63) is 48.1 Å². The molecule has 146 valence electrons. The van der Waals surface area contributed by atoms with Gasteiger partial charge in [-0.05, 0) is 32.1 Å². The van der Waals surface area contributed by atoms with Gasteiger partial charge >= 0.3 is 0 Å². The van der Waals surface area contributed by atoms with Crippen molar-refractivity contribution >= 4 is 10.0 Å². The smallest absolute Gasteiger partial charge is 0.247 e.